The average molecular weight is 295 g/mol. The normalized spacial score (nSPS) is 25.0. The van der Waals surface area contributed by atoms with E-state index >= 15 is 0 Å². The third kappa shape index (κ3) is 8.89. The van der Waals surface area contributed by atoms with Crippen LogP contribution in [0.2, 0.25) is 0 Å². The Morgan fingerprint density at radius 3 is 2.29 bits per heavy atom. The standard InChI is InChI=1S/C21H42/c1-5-20(6-2)12-8-7-10-18(3)14-16-21-13-9-11-19(4)15-17-21/h18-21H,5-17H2,1-4H3. The fourth-order valence-electron chi connectivity index (χ4n) is 4.14. The maximum atomic E-state index is 2.50. The molecule has 0 aromatic carbocycles. The molecule has 3 unspecified atom stereocenters. The van der Waals surface area contributed by atoms with E-state index in [2.05, 4.69) is 27.7 Å². The number of hydrogen-bond acceptors (Lipinski definition) is 0. The summed E-state index contributed by atoms with van der Waals surface area (Å²) in [7, 11) is 0. The van der Waals surface area contributed by atoms with Crippen molar-refractivity contribution in [3.05, 3.63) is 0 Å². The first-order valence-electron chi connectivity index (χ1n) is 10.2. The third-order valence-corrected chi connectivity index (χ3v) is 6.16. The summed E-state index contributed by atoms with van der Waals surface area (Å²) in [4.78, 5) is 0. The molecule has 0 aromatic heterocycles. The van der Waals surface area contributed by atoms with Gasteiger partial charge in [0.2, 0.25) is 0 Å². The highest BCUT2D eigenvalue weighted by molar-refractivity contribution is 4.69. The van der Waals surface area contributed by atoms with Gasteiger partial charge in [-0.25, -0.2) is 0 Å². The zero-order valence-electron chi connectivity index (χ0n) is 15.5. The average Bonchev–Trinajstić information content (AvgIpc) is 2.70. The molecule has 1 rings (SSSR count). The summed E-state index contributed by atoms with van der Waals surface area (Å²) in [5.74, 6) is 4.01. The van der Waals surface area contributed by atoms with Gasteiger partial charge in [0.1, 0.15) is 0 Å². The molecule has 0 spiro atoms. The van der Waals surface area contributed by atoms with Gasteiger partial charge in [-0.15, -0.1) is 0 Å². The van der Waals surface area contributed by atoms with E-state index < -0.39 is 0 Å². The quantitative estimate of drug-likeness (QED) is 0.287. The SMILES string of the molecule is CCC(CC)CCCCC(C)CCC1CCCC(C)CC1. The lowest BCUT2D eigenvalue weighted by Gasteiger charge is -2.18. The molecule has 0 aromatic rings. The first kappa shape index (κ1) is 19.0. The summed E-state index contributed by atoms with van der Waals surface area (Å²) in [6, 6.07) is 0. The van der Waals surface area contributed by atoms with E-state index in [0.717, 1.165) is 23.7 Å². The monoisotopic (exact) mass is 294 g/mol. The predicted octanol–water partition coefficient (Wildman–Crippen LogP) is 7.62. The molecule has 0 amide bonds. The van der Waals surface area contributed by atoms with Crippen LogP contribution in [0.15, 0.2) is 0 Å². The Bertz CT molecular complexity index is 228. The van der Waals surface area contributed by atoms with Crippen molar-refractivity contribution in [2.24, 2.45) is 23.7 Å². The minimum Gasteiger partial charge on any atom is -0.0651 e. The number of hydrogen-bond donors (Lipinski definition) is 0. The molecule has 0 nitrogen and oxygen atoms in total. The molecule has 0 heterocycles. The van der Waals surface area contributed by atoms with Crippen LogP contribution >= 0.6 is 0 Å². The Morgan fingerprint density at radius 2 is 1.57 bits per heavy atom. The molecular formula is C21H42. The second-order valence-corrected chi connectivity index (χ2v) is 8.13. The molecule has 0 aliphatic heterocycles. The second kappa shape index (κ2) is 11.6. The summed E-state index contributed by atoms with van der Waals surface area (Å²) in [6.07, 6.45) is 19.2. The van der Waals surface area contributed by atoms with Crippen molar-refractivity contribution < 1.29 is 0 Å². The van der Waals surface area contributed by atoms with Crippen molar-refractivity contribution in [2.75, 3.05) is 0 Å². The van der Waals surface area contributed by atoms with Gasteiger partial charge in [0.25, 0.3) is 0 Å². The van der Waals surface area contributed by atoms with E-state index in [9.17, 15) is 0 Å². The van der Waals surface area contributed by atoms with Gasteiger partial charge in [-0.05, 0) is 23.7 Å². The van der Waals surface area contributed by atoms with Crippen LogP contribution in [0.1, 0.15) is 111 Å². The maximum Gasteiger partial charge on any atom is -0.0414 e. The van der Waals surface area contributed by atoms with Crippen molar-refractivity contribution in [3.63, 3.8) is 0 Å². The minimum atomic E-state index is 0.965. The minimum absolute atomic E-state index is 0.965. The van der Waals surface area contributed by atoms with E-state index in [1.165, 1.54) is 83.5 Å². The van der Waals surface area contributed by atoms with Gasteiger partial charge < -0.3 is 0 Å². The van der Waals surface area contributed by atoms with Gasteiger partial charge in [-0.2, -0.15) is 0 Å². The molecule has 1 saturated carbocycles. The van der Waals surface area contributed by atoms with Crippen molar-refractivity contribution >= 4 is 0 Å². The Kier molecular flexibility index (Phi) is 10.5. The van der Waals surface area contributed by atoms with Crippen LogP contribution in [-0.4, -0.2) is 0 Å². The van der Waals surface area contributed by atoms with Gasteiger partial charge in [-0.1, -0.05) is 111 Å². The second-order valence-electron chi connectivity index (χ2n) is 8.13. The largest absolute Gasteiger partial charge is 0.0651 e. The van der Waals surface area contributed by atoms with Gasteiger partial charge in [0.15, 0.2) is 0 Å². The molecule has 0 N–H and O–H groups in total. The number of rotatable bonds is 10. The molecule has 1 aliphatic carbocycles. The smallest absolute Gasteiger partial charge is 0.0414 e. The zero-order valence-corrected chi connectivity index (χ0v) is 15.5. The summed E-state index contributed by atoms with van der Waals surface area (Å²) in [5, 5.41) is 0. The molecule has 0 radical (unpaired) electrons. The third-order valence-electron chi connectivity index (χ3n) is 6.16. The number of unbranched alkanes of at least 4 members (excludes halogenated alkanes) is 1. The lowest BCUT2D eigenvalue weighted by atomic mass is 9.88. The fourth-order valence-corrected chi connectivity index (χ4v) is 4.14. The Hall–Kier alpha value is 0. The van der Waals surface area contributed by atoms with Crippen molar-refractivity contribution in [1.82, 2.24) is 0 Å². The van der Waals surface area contributed by atoms with Crippen LogP contribution in [-0.2, 0) is 0 Å². The Morgan fingerprint density at radius 1 is 0.857 bits per heavy atom. The highest BCUT2D eigenvalue weighted by Crippen LogP contribution is 2.31. The summed E-state index contributed by atoms with van der Waals surface area (Å²) in [6.45, 7) is 9.65. The van der Waals surface area contributed by atoms with Crippen LogP contribution in [0.4, 0.5) is 0 Å². The Labute approximate surface area is 135 Å². The molecule has 126 valence electrons. The van der Waals surface area contributed by atoms with Gasteiger partial charge in [0.05, 0.1) is 0 Å². The maximum absolute atomic E-state index is 2.50. The first-order valence-corrected chi connectivity index (χ1v) is 10.2. The highest BCUT2D eigenvalue weighted by atomic mass is 14.2. The molecule has 0 bridgehead atoms. The van der Waals surface area contributed by atoms with Crippen LogP contribution in [0, 0.1) is 23.7 Å². The van der Waals surface area contributed by atoms with Crippen molar-refractivity contribution in [2.45, 2.75) is 111 Å². The van der Waals surface area contributed by atoms with Crippen LogP contribution < -0.4 is 0 Å². The topological polar surface area (TPSA) is 0 Å². The van der Waals surface area contributed by atoms with Crippen LogP contribution in [0.5, 0.6) is 0 Å². The molecular weight excluding hydrogens is 252 g/mol. The highest BCUT2D eigenvalue weighted by Gasteiger charge is 2.16. The molecule has 0 heteroatoms. The first-order chi connectivity index (χ1) is 10.2. The lowest BCUT2D eigenvalue weighted by Crippen LogP contribution is -2.04. The molecule has 3 atom stereocenters. The molecule has 1 fully saturated rings. The molecule has 0 saturated heterocycles. The van der Waals surface area contributed by atoms with E-state index in [4.69, 9.17) is 0 Å². The molecule has 1 aliphatic rings. The van der Waals surface area contributed by atoms with Crippen LogP contribution in [0.3, 0.4) is 0 Å². The van der Waals surface area contributed by atoms with Gasteiger partial charge >= 0.3 is 0 Å². The van der Waals surface area contributed by atoms with Gasteiger partial charge in [-0.3, -0.25) is 0 Å². The lowest BCUT2D eigenvalue weighted by molar-refractivity contribution is 0.349. The van der Waals surface area contributed by atoms with Gasteiger partial charge in [0, 0.05) is 0 Å². The van der Waals surface area contributed by atoms with Crippen LogP contribution in [0.25, 0.3) is 0 Å². The summed E-state index contributed by atoms with van der Waals surface area (Å²) >= 11 is 0. The van der Waals surface area contributed by atoms with E-state index in [1.807, 2.05) is 0 Å². The van der Waals surface area contributed by atoms with E-state index in [-0.39, 0.29) is 0 Å². The van der Waals surface area contributed by atoms with E-state index in [0.29, 0.717) is 0 Å². The fraction of sp³-hybridized carbons (Fsp3) is 1.00. The van der Waals surface area contributed by atoms with Crippen molar-refractivity contribution in [1.29, 1.82) is 0 Å². The van der Waals surface area contributed by atoms with E-state index in [1.54, 1.807) is 0 Å². The summed E-state index contributed by atoms with van der Waals surface area (Å²) < 4.78 is 0. The molecule has 21 heavy (non-hydrogen) atoms. The Balaban J connectivity index is 2.04. The summed E-state index contributed by atoms with van der Waals surface area (Å²) in [5.41, 5.74) is 0. The van der Waals surface area contributed by atoms with Crippen molar-refractivity contribution in [3.8, 4) is 0 Å². The predicted molar refractivity (Wildman–Crippen MR) is 96.7 cm³/mol. The zero-order chi connectivity index (χ0) is 15.5.